The van der Waals surface area contributed by atoms with E-state index in [2.05, 4.69) is 0 Å². The fourth-order valence-corrected chi connectivity index (χ4v) is 0.612. The number of hydrogen-bond acceptors (Lipinski definition) is 3. The highest BCUT2D eigenvalue weighted by Crippen LogP contribution is 2.15. The third-order valence-corrected chi connectivity index (χ3v) is 2.07. The highest BCUT2D eigenvalue weighted by atomic mass is 16.5. The smallest absolute Gasteiger partial charge is 0.160 e. The summed E-state index contributed by atoms with van der Waals surface area (Å²) in [7, 11) is 1.57. The molecule has 0 aliphatic carbocycles. The van der Waals surface area contributed by atoms with Gasteiger partial charge in [0.1, 0.15) is 5.60 Å². The Morgan fingerprint density at radius 2 is 1.92 bits per heavy atom. The Bertz CT molecular complexity index is 217. The lowest BCUT2D eigenvalue weighted by atomic mass is 10.0. The zero-order valence-electron chi connectivity index (χ0n) is 9.05. The van der Waals surface area contributed by atoms with Crippen LogP contribution in [0.1, 0.15) is 27.7 Å². The molecule has 0 aromatic heterocycles. The highest BCUT2D eigenvalue weighted by Gasteiger charge is 2.21. The monoisotopic (exact) mass is 185 g/mol. The zero-order chi connectivity index (χ0) is 10.6. The van der Waals surface area contributed by atoms with Gasteiger partial charge in [0.05, 0.1) is 0 Å². The summed E-state index contributed by atoms with van der Waals surface area (Å²) in [6.45, 7) is 7.33. The van der Waals surface area contributed by atoms with Gasteiger partial charge in [-0.25, -0.2) is 0 Å². The van der Waals surface area contributed by atoms with E-state index in [-0.39, 0.29) is 11.7 Å². The van der Waals surface area contributed by atoms with Crippen LogP contribution in [-0.4, -0.2) is 18.5 Å². The predicted molar refractivity (Wildman–Crippen MR) is 53.2 cm³/mol. The average molecular weight is 185 g/mol. The number of ether oxygens (including phenoxy) is 1. The minimum absolute atomic E-state index is 0.0220. The fraction of sp³-hybridized carbons (Fsp3) is 0.700. The molecule has 0 radical (unpaired) electrons. The Morgan fingerprint density at radius 1 is 1.46 bits per heavy atom. The van der Waals surface area contributed by atoms with E-state index in [1.807, 2.05) is 27.7 Å². The number of nitrogens with two attached hydrogens (primary N) is 1. The second-order valence-corrected chi connectivity index (χ2v) is 3.87. The van der Waals surface area contributed by atoms with Gasteiger partial charge in [-0.05, 0) is 13.8 Å². The van der Waals surface area contributed by atoms with E-state index in [1.165, 1.54) is 6.08 Å². The molecule has 2 N–H and O–H groups in total. The number of rotatable bonds is 4. The van der Waals surface area contributed by atoms with Crippen LogP contribution in [0.3, 0.4) is 0 Å². The van der Waals surface area contributed by atoms with Crippen molar-refractivity contribution in [2.75, 3.05) is 7.11 Å². The molecule has 0 saturated heterocycles. The molecular weight excluding hydrogens is 166 g/mol. The van der Waals surface area contributed by atoms with E-state index in [0.29, 0.717) is 5.70 Å². The van der Waals surface area contributed by atoms with Crippen molar-refractivity contribution in [1.82, 2.24) is 0 Å². The zero-order valence-corrected chi connectivity index (χ0v) is 9.05. The van der Waals surface area contributed by atoms with Crippen LogP contribution in [0.5, 0.6) is 0 Å². The minimum atomic E-state index is -0.565. The maximum absolute atomic E-state index is 11.3. The van der Waals surface area contributed by atoms with Crippen molar-refractivity contribution in [3.05, 3.63) is 11.8 Å². The van der Waals surface area contributed by atoms with Crippen LogP contribution >= 0.6 is 0 Å². The number of allylic oxidation sites excluding steroid dienone is 1. The SMILES string of the molecule is COC(C)(C)C(N)=CC(=O)C(C)C. The molecular formula is C10H19NO2. The van der Waals surface area contributed by atoms with Gasteiger partial charge < -0.3 is 10.5 Å². The molecule has 13 heavy (non-hydrogen) atoms. The van der Waals surface area contributed by atoms with Crippen molar-refractivity contribution in [2.45, 2.75) is 33.3 Å². The van der Waals surface area contributed by atoms with Crippen molar-refractivity contribution in [3.63, 3.8) is 0 Å². The predicted octanol–water partition coefficient (Wildman–Crippen LogP) is 1.48. The van der Waals surface area contributed by atoms with E-state index in [0.717, 1.165) is 0 Å². The first-order valence-corrected chi connectivity index (χ1v) is 4.38. The lowest BCUT2D eigenvalue weighted by Crippen LogP contribution is -2.31. The van der Waals surface area contributed by atoms with Crippen LogP contribution in [0.15, 0.2) is 11.8 Å². The quantitative estimate of drug-likeness (QED) is 0.675. The summed E-state index contributed by atoms with van der Waals surface area (Å²) in [4.78, 5) is 11.3. The Kier molecular flexibility index (Phi) is 4.14. The van der Waals surface area contributed by atoms with E-state index in [4.69, 9.17) is 10.5 Å². The molecule has 0 atom stereocenters. The molecule has 0 unspecified atom stereocenters. The van der Waals surface area contributed by atoms with Crippen molar-refractivity contribution < 1.29 is 9.53 Å². The Morgan fingerprint density at radius 3 is 2.23 bits per heavy atom. The molecule has 0 amide bonds. The topological polar surface area (TPSA) is 52.3 Å². The summed E-state index contributed by atoms with van der Waals surface area (Å²) in [6.07, 6.45) is 1.45. The largest absolute Gasteiger partial charge is 0.400 e. The Labute approximate surface area is 79.9 Å². The van der Waals surface area contributed by atoms with Crippen LogP contribution in [0.25, 0.3) is 0 Å². The number of carbonyl (C=O) groups is 1. The minimum Gasteiger partial charge on any atom is -0.400 e. The first-order chi connectivity index (χ1) is 5.81. The van der Waals surface area contributed by atoms with Gasteiger partial charge in [0.15, 0.2) is 5.78 Å². The lowest BCUT2D eigenvalue weighted by molar-refractivity contribution is -0.117. The maximum atomic E-state index is 11.3. The van der Waals surface area contributed by atoms with Gasteiger partial charge in [0.2, 0.25) is 0 Å². The number of methoxy groups -OCH3 is 1. The molecule has 0 spiro atoms. The molecule has 0 heterocycles. The summed E-state index contributed by atoms with van der Waals surface area (Å²) < 4.78 is 5.13. The summed E-state index contributed by atoms with van der Waals surface area (Å²) in [5.74, 6) is 0.00818. The number of ketones is 1. The molecule has 0 saturated carbocycles. The van der Waals surface area contributed by atoms with Gasteiger partial charge in [-0.15, -0.1) is 0 Å². The molecule has 0 fully saturated rings. The molecule has 3 heteroatoms. The molecule has 0 aromatic rings. The number of carbonyl (C=O) groups excluding carboxylic acids is 1. The third kappa shape index (κ3) is 3.59. The van der Waals surface area contributed by atoms with E-state index >= 15 is 0 Å². The van der Waals surface area contributed by atoms with Gasteiger partial charge in [0, 0.05) is 24.8 Å². The van der Waals surface area contributed by atoms with Crippen LogP contribution in [0.4, 0.5) is 0 Å². The molecule has 76 valence electrons. The molecule has 0 rings (SSSR count). The van der Waals surface area contributed by atoms with Crippen LogP contribution in [-0.2, 0) is 9.53 Å². The molecule has 0 bridgehead atoms. The van der Waals surface area contributed by atoms with Gasteiger partial charge in [-0.3, -0.25) is 4.79 Å². The van der Waals surface area contributed by atoms with E-state index in [1.54, 1.807) is 7.11 Å². The highest BCUT2D eigenvalue weighted by molar-refractivity contribution is 5.91. The second-order valence-electron chi connectivity index (χ2n) is 3.87. The Balaban J connectivity index is 4.59. The Hall–Kier alpha value is -0.830. The van der Waals surface area contributed by atoms with Crippen LogP contribution in [0, 0.1) is 5.92 Å². The van der Waals surface area contributed by atoms with Crippen molar-refractivity contribution in [3.8, 4) is 0 Å². The normalized spacial score (nSPS) is 13.5. The standard InChI is InChI=1S/C10H19NO2/c1-7(2)8(12)6-9(11)10(3,4)13-5/h6-7H,11H2,1-5H3. The van der Waals surface area contributed by atoms with Crippen LogP contribution in [0.2, 0.25) is 0 Å². The first kappa shape index (κ1) is 12.2. The number of hydrogen-bond donors (Lipinski definition) is 1. The second kappa shape index (κ2) is 4.42. The lowest BCUT2D eigenvalue weighted by Gasteiger charge is -2.23. The summed E-state index contributed by atoms with van der Waals surface area (Å²) >= 11 is 0. The van der Waals surface area contributed by atoms with E-state index in [9.17, 15) is 4.79 Å². The van der Waals surface area contributed by atoms with Gasteiger partial charge in [0.25, 0.3) is 0 Å². The van der Waals surface area contributed by atoms with Crippen molar-refractivity contribution in [2.24, 2.45) is 11.7 Å². The van der Waals surface area contributed by atoms with Gasteiger partial charge >= 0.3 is 0 Å². The van der Waals surface area contributed by atoms with Crippen molar-refractivity contribution in [1.29, 1.82) is 0 Å². The summed E-state index contributed by atoms with van der Waals surface area (Å²) in [5, 5.41) is 0. The van der Waals surface area contributed by atoms with Gasteiger partial charge in [-0.1, -0.05) is 13.8 Å². The first-order valence-electron chi connectivity index (χ1n) is 4.38. The molecule has 0 aliphatic heterocycles. The van der Waals surface area contributed by atoms with Crippen molar-refractivity contribution >= 4 is 5.78 Å². The maximum Gasteiger partial charge on any atom is 0.160 e. The van der Waals surface area contributed by atoms with Gasteiger partial charge in [-0.2, -0.15) is 0 Å². The third-order valence-electron chi connectivity index (χ3n) is 2.07. The van der Waals surface area contributed by atoms with Crippen LogP contribution < -0.4 is 5.73 Å². The summed E-state index contributed by atoms with van der Waals surface area (Å²) in [5.41, 5.74) is 5.62. The van der Waals surface area contributed by atoms with E-state index < -0.39 is 5.60 Å². The molecule has 0 aliphatic rings. The molecule has 0 aromatic carbocycles. The fourth-order valence-electron chi connectivity index (χ4n) is 0.612. The summed E-state index contributed by atoms with van der Waals surface area (Å²) in [6, 6.07) is 0. The molecule has 3 nitrogen and oxygen atoms in total. The average Bonchev–Trinajstić information content (AvgIpc) is 2.04.